The molecule has 0 saturated carbocycles. The van der Waals surface area contributed by atoms with E-state index in [1.165, 1.54) is 6.07 Å². The zero-order chi connectivity index (χ0) is 13.3. The molecular formula is C15H22FNO. The van der Waals surface area contributed by atoms with E-state index in [-0.39, 0.29) is 12.4 Å². The van der Waals surface area contributed by atoms with Gasteiger partial charge in [-0.05, 0) is 41.5 Å². The summed E-state index contributed by atoms with van der Waals surface area (Å²) in [5, 5.41) is 9.13. The molecule has 2 nitrogen and oxygen atoms in total. The lowest BCUT2D eigenvalue weighted by atomic mass is 9.80. The minimum atomic E-state index is -0.268. The van der Waals surface area contributed by atoms with Gasteiger partial charge in [-0.1, -0.05) is 20.8 Å². The first-order chi connectivity index (χ1) is 8.40. The van der Waals surface area contributed by atoms with Crippen molar-refractivity contribution in [1.82, 2.24) is 0 Å². The summed E-state index contributed by atoms with van der Waals surface area (Å²) in [5.41, 5.74) is 1.83. The molecule has 0 radical (unpaired) electrons. The van der Waals surface area contributed by atoms with Gasteiger partial charge in [0.05, 0.1) is 6.61 Å². The zero-order valence-electron chi connectivity index (χ0n) is 11.4. The Morgan fingerprint density at radius 3 is 2.61 bits per heavy atom. The Labute approximate surface area is 108 Å². The van der Waals surface area contributed by atoms with Crippen LogP contribution >= 0.6 is 0 Å². The SMILES string of the molecule is CC(C)(C)C1CCN(c2cc(F)cc(CO)c2)C1. The van der Waals surface area contributed by atoms with Crippen molar-refractivity contribution < 1.29 is 9.50 Å². The van der Waals surface area contributed by atoms with Gasteiger partial charge >= 0.3 is 0 Å². The van der Waals surface area contributed by atoms with Crippen LogP contribution in [0.1, 0.15) is 32.8 Å². The number of rotatable bonds is 2. The summed E-state index contributed by atoms with van der Waals surface area (Å²) in [5.74, 6) is 0.370. The molecule has 1 N–H and O–H groups in total. The summed E-state index contributed by atoms with van der Waals surface area (Å²) in [6.45, 7) is 8.60. The molecule has 100 valence electrons. The molecule has 1 saturated heterocycles. The number of aliphatic hydroxyl groups excluding tert-OH is 1. The number of hydrogen-bond donors (Lipinski definition) is 1. The average molecular weight is 251 g/mol. The smallest absolute Gasteiger partial charge is 0.125 e. The van der Waals surface area contributed by atoms with E-state index in [9.17, 15) is 4.39 Å². The van der Waals surface area contributed by atoms with E-state index in [2.05, 4.69) is 25.7 Å². The monoisotopic (exact) mass is 251 g/mol. The molecule has 1 aromatic rings. The van der Waals surface area contributed by atoms with Crippen molar-refractivity contribution in [2.24, 2.45) is 11.3 Å². The second kappa shape index (κ2) is 4.88. The Morgan fingerprint density at radius 1 is 1.33 bits per heavy atom. The first-order valence-electron chi connectivity index (χ1n) is 6.55. The van der Waals surface area contributed by atoms with Gasteiger partial charge in [-0.3, -0.25) is 0 Å². The Balaban J connectivity index is 2.16. The number of nitrogens with zero attached hydrogens (tertiary/aromatic N) is 1. The molecule has 0 bridgehead atoms. The number of aliphatic hydroxyl groups is 1. The molecule has 1 aromatic carbocycles. The van der Waals surface area contributed by atoms with Crippen molar-refractivity contribution in [2.75, 3.05) is 18.0 Å². The minimum absolute atomic E-state index is 0.110. The maximum atomic E-state index is 13.5. The van der Waals surface area contributed by atoms with Crippen LogP contribution in [0.15, 0.2) is 18.2 Å². The number of halogens is 1. The van der Waals surface area contributed by atoms with Crippen molar-refractivity contribution in [1.29, 1.82) is 0 Å². The lowest BCUT2D eigenvalue weighted by Crippen LogP contribution is -2.25. The predicted octanol–water partition coefficient (Wildman–Crippen LogP) is 3.19. The van der Waals surface area contributed by atoms with E-state index in [1.807, 2.05) is 6.07 Å². The first-order valence-corrected chi connectivity index (χ1v) is 6.55. The van der Waals surface area contributed by atoms with Gasteiger partial charge in [0.1, 0.15) is 5.82 Å². The van der Waals surface area contributed by atoms with Crippen molar-refractivity contribution in [3.05, 3.63) is 29.6 Å². The van der Waals surface area contributed by atoms with Gasteiger partial charge in [0.2, 0.25) is 0 Å². The maximum Gasteiger partial charge on any atom is 0.125 e. The summed E-state index contributed by atoms with van der Waals surface area (Å²) in [7, 11) is 0. The zero-order valence-corrected chi connectivity index (χ0v) is 11.4. The molecule has 1 heterocycles. The third-order valence-corrected chi connectivity index (χ3v) is 3.90. The molecule has 1 fully saturated rings. The van der Waals surface area contributed by atoms with Crippen LogP contribution in [0, 0.1) is 17.2 Å². The molecule has 0 aromatic heterocycles. The molecule has 0 amide bonds. The quantitative estimate of drug-likeness (QED) is 0.872. The number of anilines is 1. The number of hydrogen-bond acceptors (Lipinski definition) is 2. The van der Waals surface area contributed by atoms with Crippen LogP contribution in [0.25, 0.3) is 0 Å². The van der Waals surface area contributed by atoms with Crippen LogP contribution in [0.4, 0.5) is 10.1 Å². The molecule has 18 heavy (non-hydrogen) atoms. The van der Waals surface area contributed by atoms with Crippen molar-refractivity contribution in [3.8, 4) is 0 Å². The molecule has 1 atom stereocenters. The van der Waals surface area contributed by atoms with Gasteiger partial charge in [0.25, 0.3) is 0 Å². The molecule has 1 aliphatic heterocycles. The van der Waals surface area contributed by atoms with E-state index >= 15 is 0 Å². The predicted molar refractivity (Wildman–Crippen MR) is 72.1 cm³/mol. The van der Waals surface area contributed by atoms with Gasteiger partial charge in [-0.25, -0.2) is 4.39 Å². The summed E-state index contributed by atoms with van der Waals surface area (Å²) in [6.07, 6.45) is 1.15. The summed E-state index contributed by atoms with van der Waals surface area (Å²) in [6, 6.07) is 4.83. The van der Waals surface area contributed by atoms with Gasteiger partial charge < -0.3 is 10.0 Å². The lowest BCUT2D eigenvalue weighted by molar-refractivity contribution is 0.263. The van der Waals surface area contributed by atoms with Crippen LogP contribution in [0.5, 0.6) is 0 Å². The normalized spacial score (nSPS) is 20.5. The van der Waals surface area contributed by atoms with Gasteiger partial charge in [-0.2, -0.15) is 0 Å². The maximum absolute atomic E-state index is 13.5. The van der Waals surface area contributed by atoms with E-state index in [4.69, 9.17) is 5.11 Å². The fourth-order valence-corrected chi connectivity index (χ4v) is 2.61. The van der Waals surface area contributed by atoms with Gasteiger partial charge in [0, 0.05) is 18.8 Å². The molecule has 1 aliphatic rings. The van der Waals surface area contributed by atoms with Crippen molar-refractivity contribution in [3.63, 3.8) is 0 Å². The standard InChI is InChI=1S/C15H22FNO/c1-15(2,3)12-4-5-17(9-12)14-7-11(10-18)6-13(16)8-14/h6-8,12,18H,4-5,9-10H2,1-3H3. The van der Waals surface area contributed by atoms with Crippen LogP contribution in [-0.4, -0.2) is 18.2 Å². The minimum Gasteiger partial charge on any atom is -0.392 e. The molecule has 0 aliphatic carbocycles. The number of benzene rings is 1. The Hall–Kier alpha value is -1.09. The second-order valence-corrected chi connectivity index (χ2v) is 6.27. The topological polar surface area (TPSA) is 23.5 Å². The molecule has 2 rings (SSSR count). The summed E-state index contributed by atoms with van der Waals surface area (Å²) in [4.78, 5) is 2.22. The van der Waals surface area contributed by atoms with E-state index < -0.39 is 0 Å². The lowest BCUT2D eigenvalue weighted by Gasteiger charge is -2.27. The largest absolute Gasteiger partial charge is 0.392 e. The summed E-state index contributed by atoms with van der Waals surface area (Å²) >= 11 is 0. The summed E-state index contributed by atoms with van der Waals surface area (Å²) < 4.78 is 13.5. The van der Waals surface area contributed by atoms with Crippen molar-refractivity contribution >= 4 is 5.69 Å². The molecule has 1 unspecified atom stereocenters. The van der Waals surface area contributed by atoms with Gasteiger partial charge in [-0.15, -0.1) is 0 Å². The average Bonchev–Trinajstić information content (AvgIpc) is 2.77. The third kappa shape index (κ3) is 2.83. The van der Waals surface area contributed by atoms with E-state index in [0.29, 0.717) is 16.9 Å². The fourth-order valence-electron chi connectivity index (χ4n) is 2.61. The highest BCUT2D eigenvalue weighted by Gasteiger charge is 2.31. The second-order valence-electron chi connectivity index (χ2n) is 6.27. The Morgan fingerprint density at radius 2 is 2.06 bits per heavy atom. The molecule has 3 heteroatoms. The molecular weight excluding hydrogens is 229 g/mol. The highest BCUT2D eigenvalue weighted by atomic mass is 19.1. The van der Waals surface area contributed by atoms with Crippen LogP contribution in [0.2, 0.25) is 0 Å². The highest BCUT2D eigenvalue weighted by Crippen LogP contribution is 2.35. The van der Waals surface area contributed by atoms with Crippen LogP contribution < -0.4 is 4.90 Å². The Bertz CT molecular complexity index is 425. The van der Waals surface area contributed by atoms with Crippen LogP contribution in [0.3, 0.4) is 0 Å². The fraction of sp³-hybridized carbons (Fsp3) is 0.600. The Kier molecular flexibility index (Phi) is 3.62. The van der Waals surface area contributed by atoms with E-state index in [1.54, 1.807) is 6.07 Å². The first kappa shape index (κ1) is 13.3. The van der Waals surface area contributed by atoms with E-state index in [0.717, 1.165) is 25.2 Å². The van der Waals surface area contributed by atoms with Crippen LogP contribution in [-0.2, 0) is 6.61 Å². The highest BCUT2D eigenvalue weighted by molar-refractivity contribution is 5.50. The third-order valence-electron chi connectivity index (χ3n) is 3.90. The molecule has 0 spiro atoms. The van der Waals surface area contributed by atoms with Crippen molar-refractivity contribution in [2.45, 2.75) is 33.8 Å². The van der Waals surface area contributed by atoms with Gasteiger partial charge in [0.15, 0.2) is 0 Å².